The molecule has 2 rings (SSSR count). The molecule has 0 radical (unpaired) electrons. The van der Waals surface area contributed by atoms with Crippen molar-refractivity contribution in [3.63, 3.8) is 0 Å². The standard InChI is InChI=1S/C17H16Br2O4/c1-22-13-7-11(8-14(9-13)23-2)15(18)16(19)17(21)10-4-3-5-12(20)6-10/h3-9,15-16,20H,1-2H3. The number of alkyl halides is 2. The van der Waals surface area contributed by atoms with Crippen molar-refractivity contribution < 1.29 is 19.4 Å². The van der Waals surface area contributed by atoms with Crippen LogP contribution >= 0.6 is 31.9 Å². The Labute approximate surface area is 151 Å². The molecule has 2 atom stereocenters. The molecule has 0 aromatic heterocycles. The Balaban J connectivity index is 2.28. The van der Waals surface area contributed by atoms with E-state index in [1.807, 2.05) is 12.1 Å². The molecule has 0 fully saturated rings. The number of hydrogen-bond donors (Lipinski definition) is 1. The van der Waals surface area contributed by atoms with Crippen LogP contribution in [-0.2, 0) is 0 Å². The van der Waals surface area contributed by atoms with E-state index >= 15 is 0 Å². The number of phenols is 1. The molecule has 2 aromatic rings. The Bertz CT molecular complexity index is 680. The summed E-state index contributed by atoms with van der Waals surface area (Å²) in [5.41, 5.74) is 1.28. The van der Waals surface area contributed by atoms with Gasteiger partial charge in [0.05, 0.1) is 23.9 Å². The van der Waals surface area contributed by atoms with Crippen LogP contribution in [-0.4, -0.2) is 29.9 Å². The molecule has 0 aliphatic heterocycles. The third-order valence-corrected chi connectivity index (χ3v) is 6.04. The minimum absolute atomic E-state index is 0.0599. The summed E-state index contributed by atoms with van der Waals surface area (Å²) in [4.78, 5) is 11.8. The Kier molecular flexibility index (Phi) is 6.07. The molecule has 0 bridgehead atoms. The normalized spacial score (nSPS) is 13.2. The van der Waals surface area contributed by atoms with Gasteiger partial charge in [-0.1, -0.05) is 44.0 Å². The van der Waals surface area contributed by atoms with Gasteiger partial charge in [-0.2, -0.15) is 0 Å². The number of phenolic OH excluding ortho intramolecular Hbond substituents is 1. The monoisotopic (exact) mass is 442 g/mol. The number of ketones is 1. The van der Waals surface area contributed by atoms with Gasteiger partial charge in [0.2, 0.25) is 0 Å². The van der Waals surface area contributed by atoms with Crippen LogP contribution in [0.4, 0.5) is 0 Å². The summed E-state index contributed by atoms with van der Waals surface area (Å²) in [5.74, 6) is 1.22. The highest BCUT2D eigenvalue weighted by molar-refractivity contribution is 9.12. The van der Waals surface area contributed by atoms with Crippen molar-refractivity contribution in [2.24, 2.45) is 0 Å². The molecule has 0 aliphatic rings. The second-order valence-electron chi connectivity index (χ2n) is 4.86. The maximum atomic E-state index is 12.6. The average Bonchev–Trinajstić information content (AvgIpc) is 2.59. The summed E-state index contributed by atoms with van der Waals surface area (Å²) < 4.78 is 10.5. The smallest absolute Gasteiger partial charge is 0.178 e. The van der Waals surface area contributed by atoms with Crippen LogP contribution in [0.5, 0.6) is 17.2 Å². The molecular weight excluding hydrogens is 428 g/mol. The summed E-state index contributed by atoms with van der Waals surface area (Å²) >= 11 is 6.99. The first kappa shape index (κ1) is 17.8. The number of Topliss-reactive ketones (excluding diaryl/α,β-unsaturated/α-hetero) is 1. The van der Waals surface area contributed by atoms with Gasteiger partial charge in [-0.05, 0) is 29.8 Å². The van der Waals surface area contributed by atoms with Crippen molar-refractivity contribution in [1.29, 1.82) is 0 Å². The van der Waals surface area contributed by atoms with Crippen molar-refractivity contribution in [3.8, 4) is 17.2 Å². The highest BCUT2D eigenvalue weighted by Gasteiger charge is 2.27. The van der Waals surface area contributed by atoms with Crippen molar-refractivity contribution >= 4 is 37.6 Å². The first-order valence-corrected chi connectivity index (χ1v) is 8.63. The molecule has 2 unspecified atom stereocenters. The van der Waals surface area contributed by atoms with Gasteiger partial charge < -0.3 is 14.6 Å². The number of methoxy groups -OCH3 is 2. The van der Waals surface area contributed by atoms with Gasteiger partial charge in [-0.15, -0.1) is 0 Å². The summed E-state index contributed by atoms with van der Waals surface area (Å²) in [6, 6.07) is 11.7. The third kappa shape index (κ3) is 4.26. The van der Waals surface area contributed by atoms with Crippen molar-refractivity contribution in [2.75, 3.05) is 14.2 Å². The lowest BCUT2D eigenvalue weighted by Gasteiger charge is -2.18. The molecule has 6 heteroatoms. The average molecular weight is 444 g/mol. The minimum atomic E-state index is -0.513. The van der Waals surface area contributed by atoms with Gasteiger partial charge in [0.25, 0.3) is 0 Å². The number of carbonyl (C=O) groups excluding carboxylic acids is 1. The van der Waals surface area contributed by atoms with Crippen molar-refractivity contribution in [2.45, 2.75) is 9.65 Å². The first-order valence-electron chi connectivity index (χ1n) is 6.80. The molecule has 23 heavy (non-hydrogen) atoms. The number of rotatable bonds is 6. The lowest BCUT2D eigenvalue weighted by molar-refractivity contribution is 0.0990. The highest BCUT2D eigenvalue weighted by atomic mass is 79.9. The number of carbonyl (C=O) groups is 1. The third-order valence-electron chi connectivity index (χ3n) is 3.33. The topological polar surface area (TPSA) is 55.8 Å². The molecule has 1 N–H and O–H groups in total. The van der Waals surface area contributed by atoms with Crippen LogP contribution in [0.1, 0.15) is 20.7 Å². The zero-order valence-corrected chi connectivity index (χ0v) is 15.8. The molecule has 4 nitrogen and oxygen atoms in total. The molecule has 2 aromatic carbocycles. The molecule has 122 valence electrons. The van der Waals surface area contributed by atoms with E-state index in [1.54, 1.807) is 32.4 Å². The second-order valence-corrected chi connectivity index (χ2v) is 6.84. The Morgan fingerprint density at radius 1 is 1.04 bits per heavy atom. The van der Waals surface area contributed by atoms with Gasteiger partial charge in [0.1, 0.15) is 17.2 Å². The predicted octanol–water partition coefficient (Wildman–Crippen LogP) is 4.49. The Hall–Kier alpha value is -1.53. The number of hydrogen-bond acceptors (Lipinski definition) is 4. The van der Waals surface area contributed by atoms with Gasteiger partial charge in [0.15, 0.2) is 5.78 Å². The summed E-state index contributed by atoms with van der Waals surface area (Å²) in [6.45, 7) is 0. The molecule has 0 amide bonds. The van der Waals surface area contributed by atoms with Crippen LogP contribution in [0.3, 0.4) is 0 Å². The molecule has 0 saturated heterocycles. The van der Waals surface area contributed by atoms with Crippen LogP contribution in [0.2, 0.25) is 0 Å². The van der Waals surface area contributed by atoms with E-state index in [4.69, 9.17) is 9.47 Å². The highest BCUT2D eigenvalue weighted by Crippen LogP contribution is 2.37. The Morgan fingerprint density at radius 3 is 2.17 bits per heavy atom. The van der Waals surface area contributed by atoms with Gasteiger partial charge in [-0.25, -0.2) is 0 Å². The Morgan fingerprint density at radius 2 is 1.65 bits per heavy atom. The van der Waals surface area contributed by atoms with Crippen LogP contribution < -0.4 is 9.47 Å². The van der Waals surface area contributed by atoms with Crippen molar-refractivity contribution in [1.82, 2.24) is 0 Å². The number of aromatic hydroxyl groups is 1. The van der Waals surface area contributed by atoms with Crippen LogP contribution in [0, 0.1) is 0 Å². The maximum Gasteiger partial charge on any atom is 0.178 e. The van der Waals surface area contributed by atoms with E-state index in [-0.39, 0.29) is 16.4 Å². The van der Waals surface area contributed by atoms with E-state index in [1.165, 1.54) is 12.1 Å². The fourth-order valence-electron chi connectivity index (χ4n) is 2.11. The maximum absolute atomic E-state index is 12.6. The molecule has 0 spiro atoms. The number of benzene rings is 2. The minimum Gasteiger partial charge on any atom is -0.508 e. The quantitative estimate of drug-likeness (QED) is 0.527. The van der Waals surface area contributed by atoms with Crippen molar-refractivity contribution in [3.05, 3.63) is 53.6 Å². The van der Waals surface area contributed by atoms with Crippen LogP contribution in [0.15, 0.2) is 42.5 Å². The zero-order valence-electron chi connectivity index (χ0n) is 12.6. The van der Waals surface area contributed by atoms with Gasteiger partial charge in [-0.3, -0.25) is 4.79 Å². The summed E-state index contributed by atoms with van der Waals surface area (Å²) in [5, 5.41) is 9.52. The summed E-state index contributed by atoms with van der Waals surface area (Å²) in [6.07, 6.45) is 0. The number of ether oxygens (including phenoxy) is 2. The van der Waals surface area contributed by atoms with E-state index in [0.29, 0.717) is 17.1 Å². The van der Waals surface area contributed by atoms with Gasteiger partial charge >= 0.3 is 0 Å². The fourth-order valence-corrected chi connectivity index (χ4v) is 3.18. The molecular formula is C17H16Br2O4. The van der Waals surface area contributed by atoms with E-state index in [9.17, 15) is 9.90 Å². The van der Waals surface area contributed by atoms with E-state index in [0.717, 1.165) is 5.56 Å². The van der Waals surface area contributed by atoms with E-state index < -0.39 is 4.83 Å². The lowest BCUT2D eigenvalue weighted by Crippen LogP contribution is -2.19. The first-order chi connectivity index (χ1) is 11.0. The predicted molar refractivity (Wildman–Crippen MR) is 96.4 cm³/mol. The molecule has 0 saturated carbocycles. The van der Waals surface area contributed by atoms with E-state index in [2.05, 4.69) is 31.9 Å². The fraction of sp³-hybridized carbons (Fsp3) is 0.235. The van der Waals surface area contributed by atoms with Crippen LogP contribution in [0.25, 0.3) is 0 Å². The second kappa shape index (κ2) is 7.84. The zero-order chi connectivity index (χ0) is 17.0. The largest absolute Gasteiger partial charge is 0.508 e. The van der Waals surface area contributed by atoms with Gasteiger partial charge in [0, 0.05) is 11.6 Å². The SMILES string of the molecule is COc1cc(OC)cc(C(Br)C(Br)C(=O)c2cccc(O)c2)c1. The number of halogens is 2. The lowest BCUT2D eigenvalue weighted by atomic mass is 10.0. The summed E-state index contributed by atoms with van der Waals surface area (Å²) in [7, 11) is 3.15. The molecule has 0 heterocycles. The molecule has 0 aliphatic carbocycles.